The highest BCUT2D eigenvalue weighted by atomic mass is 16.6. The Labute approximate surface area is 126 Å². The molecule has 0 atom stereocenters. The number of nitrogens with two attached hydrogens (primary N) is 1. The van der Waals surface area contributed by atoms with Crippen molar-refractivity contribution in [2.24, 2.45) is 0 Å². The van der Waals surface area contributed by atoms with Crippen LogP contribution in [0, 0.1) is 10.1 Å². The van der Waals surface area contributed by atoms with Crippen molar-refractivity contribution >= 4 is 28.7 Å². The van der Waals surface area contributed by atoms with Crippen LogP contribution in [0.4, 0.5) is 22.7 Å². The Hall–Kier alpha value is -3.09. The minimum absolute atomic E-state index is 0.0327. The zero-order valence-corrected chi connectivity index (χ0v) is 11.7. The van der Waals surface area contributed by atoms with E-state index in [1.807, 2.05) is 4.90 Å². The number of nitrogens with zero attached hydrogens (tertiary/aromatic N) is 2. The molecule has 7 heteroatoms. The number of non-ortho nitro benzene ring substituents is 1. The standard InChI is InChI=1S/C15H14N4O3/c16-10-1-6-14-13(9-10)15(20)17-7-8-18(14)11-2-4-12(5-3-11)19(21)22/h1-6,9H,7-8,16H2,(H,17,20). The monoisotopic (exact) mass is 298 g/mol. The number of fused-ring (bicyclic) bond motifs is 1. The molecule has 112 valence electrons. The molecular formula is C15H14N4O3. The maximum absolute atomic E-state index is 12.1. The summed E-state index contributed by atoms with van der Waals surface area (Å²) in [7, 11) is 0. The number of carbonyl (C=O) groups excluding carboxylic acids is 1. The number of rotatable bonds is 2. The summed E-state index contributed by atoms with van der Waals surface area (Å²) in [6, 6.07) is 11.4. The molecule has 1 heterocycles. The van der Waals surface area contributed by atoms with Crippen LogP contribution in [0.2, 0.25) is 0 Å². The molecule has 7 nitrogen and oxygen atoms in total. The SMILES string of the molecule is Nc1ccc2c(c1)C(=O)NCCN2c1ccc([N+](=O)[O-])cc1. The van der Waals surface area contributed by atoms with Crippen LogP contribution in [0.5, 0.6) is 0 Å². The molecule has 0 bridgehead atoms. The minimum Gasteiger partial charge on any atom is -0.399 e. The number of hydrogen-bond acceptors (Lipinski definition) is 5. The summed E-state index contributed by atoms with van der Waals surface area (Å²) in [5, 5.41) is 13.6. The van der Waals surface area contributed by atoms with E-state index in [1.54, 1.807) is 30.3 Å². The van der Waals surface area contributed by atoms with Crippen LogP contribution in [-0.2, 0) is 0 Å². The van der Waals surface area contributed by atoms with E-state index < -0.39 is 4.92 Å². The smallest absolute Gasteiger partial charge is 0.269 e. The fourth-order valence-corrected chi connectivity index (χ4v) is 2.49. The summed E-state index contributed by atoms with van der Waals surface area (Å²) < 4.78 is 0. The van der Waals surface area contributed by atoms with Gasteiger partial charge < -0.3 is 16.0 Å². The number of benzene rings is 2. The molecule has 0 saturated carbocycles. The first kappa shape index (κ1) is 13.9. The lowest BCUT2D eigenvalue weighted by Crippen LogP contribution is -2.27. The molecule has 3 rings (SSSR count). The normalized spacial score (nSPS) is 14.0. The average Bonchev–Trinajstić information content (AvgIpc) is 2.67. The summed E-state index contributed by atoms with van der Waals surface area (Å²) in [5.41, 5.74) is 8.32. The number of hydrogen-bond donors (Lipinski definition) is 2. The number of anilines is 3. The molecule has 0 radical (unpaired) electrons. The molecule has 0 saturated heterocycles. The van der Waals surface area contributed by atoms with Crippen molar-refractivity contribution in [3.05, 3.63) is 58.1 Å². The Kier molecular flexibility index (Phi) is 3.38. The molecule has 2 aromatic rings. The van der Waals surface area contributed by atoms with Crippen molar-refractivity contribution in [1.82, 2.24) is 5.32 Å². The van der Waals surface area contributed by atoms with Gasteiger partial charge in [-0.2, -0.15) is 0 Å². The molecule has 22 heavy (non-hydrogen) atoms. The van der Waals surface area contributed by atoms with E-state index in [1.165, 1.54) is 12.1 Å². The summed E-state index contributed by atoms with van der Waals surface area (Å²) in [4.78, 5) is 24.3. The van der Waals surface area contributed by atoms with Gasteiger partial charge in [-0.05, 0) is 30.3 Å². The molecule has 1 aliphatic heterocycles. The number of nitro benzene ring substituents is 1. The van der Waals surface area contributed by atoms with E-state index >= 15 is 0 Å². The van der Waals surface area contributed by atoms with Gasteiger partial charge in [-0.25, -0.2) is 0 Å². The molecule has 0 aliphatic carbocycles. The highest BCUT2D eigenvalue weighted by Crippen LogP contribution is 2.32. The van der Waals surface area contributed by atoms with Gasteiger partial charge in [-0.3, -0.25) is 14.9 Å². The number of nitrogens with one attached hydrogen (secondary N) is 1. The second-order valence-corrected chi connectivity index (χ2v) is 4.96. The first-order valence-electron chi connectivity index (χ1n) is 6.76. The molecule has 0 aromatic heterocycles. The predicted molar refractivity (Wildman–Crippen MR) is 83.3 cm³/mol. The summed E-state index contributed by atoms with van der Waals surface area (Å²) in [6.07, 6.45) is 0. The number of nitro groups is 1. The predicted octanol–water partition coefficient (Wildman–Crippen LogP) is 2.06. The van der Waals surface area contributed by atoms with E-state index in [4.69, 9.17) is 5.73 Å². The van der Waals surface area contributed by atoms with E-state index in [0.29, 0.717) is 24.3 Å². The topological polar surface area (TPSA) is 102 Å². The van der Waals surface area contributed by atoms with Crippen LogP contribution in [0.3, 0.4) is 0 Å². The second-order valence-electron chi connectivity index (χ2n) is 4.96. The van der Waals surface area contributed by atoms with Crippen molar-refractivity contribution < 1.29 is 9.72 Å². The van der Waals surface area contributed by atoms with Crippen molar-refractivity contribution in [2.75, 3.05) is 23.7 Å². The van der Waals surface area contributed by atoms with Gasteiger partial charge >= 0.3 is 0 Å². The third kappa shape index (κ3) is 2.44. The highest BCUT2D eigenvalue weighted by Gasteiger charge is 2.22. The zero-order chi connectivity index (χ0) is 15.7. The number of amides is 1. The summed E-state index contributed by atoms with van der Waals surface area (Å²) in [5.74, 6) is -0.174. The fraction of sp³-hybridized carbons (Fsp3) is 0.133. The van der Waals surface area contributed by atoms with Crippen molar-refractivity contribution in [3.8, 4) is 0 Å². The molecule has 0 unspecified atom stereocenters. The van der Waals surface area contributed by atoms with Crippen LogP contribution in [0.15, 0.2) is 42.5 Å². The maximum atomic E-state index is 12.1. The Morgan fingerprint density at radius 3 is 2.59 bits per heavy atom. The van der Waals surface area contributed by atoms with Crippen LogP contribution >= 0.6 is 0 Å². The van der Waals surface area contributed by atoms with E-state index in [9.17, 15) is 14.9 Å². The van der Waals surface area contributed by atoms with Gasteiger partial charge in [-0.15, -0.1) is 0 Å². The van der Waals surface area contributed by atoms with Gasteiger partial charge in [-0.1, -0.05) is 0 Å². The van der Waals surface area contributed by atoms with Crippen LogP contribution in [0.1, 0.15) is 10.4 Å². The quantitative estimate of drug-likeness (QED) is 0.502. The second kappa shape index (κ2) is 5.36. The molecular weight excluding hydrogens is 284 g/mol. The van der Waals surface area contributed by atoms with Gasteiger partial charge in [0, 0.05) is 36.6 Å². The molecule has 1 aliphatic rings. The fourth-order valence-electron chi connectivity index (χ4n) is 2.49. The largest absolute Gasteiger partial charge is 0.399 e. The zero-order valence-electron chi connectivity index (χ0n) is 11.7. The summed E-state index contributed by atoms with van der Waals surface area (Å²) >= 11 is 0. The van der Waals surface area contributed by atoms with Gasteiger partial charge in [0.2, 0.25) is 0 Å². The third-order valence-electron chi connectivity index (χ3n) is 3.55. The highest BCUT2D eigenvalue weighted by molar-refractivity contribution is 6.02. The summed E-state index contributed by atoms with van der Waals surface area (Å²) in [6.45, 7) is 1.05. The van der Waals surface area contributed by atoms with Crippen molar-refractivity contribution in [1.29, 1.82) is 0 Å². The van der Waals surface area contributed by atoms with Gasteiger partial charge in [0.05, 0.1) is 16.2 Å². The first-order valence-corrected chi connectivity index (χ1v) is 6.76. The van der Waals surface area contributed by atoms with Crippen molar-refractivity contribution in [2.45, 2.75) is 0 Å². The van der Waals surface area contributed by atoms with Crippen LogP contribution in [-0.4, -0.2) is 23.9 Å². The average molecular weight is 298 g/mol. The van der Waals surface area contributed by atoms with Gasteiger partial charge in [0.25, 0.3) is 11.6 Å². The molecule has 3 N–H and O–H groups in total. The minimum atomic E-state index is -0.439. The van der Waals surface area contributed by atoms with Gasteiger partial charge in [0.1, 0.15) is 0 Å². The molecule has 2 aromatic carbocycles. The Bertz CT molecular complexity index is 743. The Morgan fingerprint density at radius 1 is 1.18 bits per heavy atom. The maximum Gasteiger partial charge on any atom is 0.269 e. The van der Waals surface area contributed by atoms with Crippen LogP contribution in [0.25, 0.3) is 0 Å². The first-order chi connectivity index (χ1) is 10.6. The van der Waals surface area contributed by atoms with Gasteiger partial charge in [0.15, 0.2) is 0 Å². The van der Waals surface area contributed by atoms with Crippen LogP contribution < -0.4 is 16.0 Å². The Balaban J connectivity index is 2.05. The number of nitrogen functional groups attached to an aromatic ring is 1. The lowest BCUT2D eigenvalue weighted by atomic mass is 10.1. The van der Waals surface area contributed by atoms with E-state index in [2.05, 4.69) is 5.32 Å². The number of carbonyl (C=O) groups is 1. The molecule has 1 amide bonds. The van der Waals surface area contributed by atoms with E-state index in [0.717, 1.165) is 11.4 Å². The third-order valence-corrected chi connectivity index (χ3v) is 3.55. The molecule has 0 fully saturated rings. The van der Waals surface area contributed by atoms with Crippen molar-refractivity contribution in [3.63, 3.8) is 0 Å². The molecule has 0 spiro atoms. The van der Waals surface area contributed by atoms with E-state index in [-0.39, 0.29) is 11.6 Å². The lowest BCUT2D eigenvalue weighted by molar-refractivity contribution is -0.384. The Morgan fingerprint density at radius 2 is 1.91 bits per heavy atom. The lowest BCUT2D eigenvalue weighted by Gasteiger charge is -2.24.